The first kappa shape index (κ1) is 13.8. The number of hydrogen-bond acceptors (Lipinski definition) is 4. The highest BCUT2D eigenvalue weighted by molar-refractivity contribution is 7.87. The van der Waals surface area contributed by atoms with Gasteiger partial charge in [0.2, 0.25) is 0 Å². The van der Waals surface area contributed by atoms with E-state index in [-0.39, 0.29) is 6.04 Å². The lowest BCUT2D eigenvalue weighted by Crippen LogP contribution is -2.54. The SMILES string of the molecule is O=S(=O)(NC1CCN2CCCCC12)N1CCNCC1. The van der Waals surface area contributed by atoms with Crippen LogP contribution in [-0.2, 0) is 10.2 Å². The number of fused-ring (bicyclic) bond motifs is 1. The number of nitrogens with one attached hydrogen (secondary N) is 2. The third kappa shape index (κ3) is 2.95. The maximum atomic E-state index is 12.4. The number of piperidine rings is 1. The zero-order valence-electron chi connectivity index (χ0n) is 11.3. The molecule has 2 unspecified atom stereocenters. The second kappa shape index (κ2) is 5.65. The van der Waals surface area contributed by atoms with Gasteiger partial charge in [-0.05, 0) is 25.8 Å². The maximum Gasteiger partial charge on any atom is 0.279 e. The molecule has 0 aromatic carbocycles. The Morgan fingerprint density at radius 2 is 1.79 bits per heavy atom. The molecule has 0 aromatic heterocycles. The lowest BCUT2D eigenvalue weighted by molar-refractivity contribution is 0.185. The average molecular weight is 288 g/mol. The van der Waals surface area contributed by atoms with Gasteiger partial charge in [0.25, 0.3) is 10.2 Å². The lowest BCUT2D eigenvalue weighted by Gasteiger charge is -2.34. The van der Waals surface area contributed by atoms with Crippen molar-refractivity contribution in [2.45, 2.75) is 37.8 Å². The molecule has 19 heavy (non-hydrogen) atoms. The van der Waals surface area contributed by atoms with Crippen molar-refractivity contribution >= 4 is 10.2 Å². The minimum atomic E-state index is -3.30. The molecule has 2 N–H and O–H groups in total. The Hall–Kier alpha value is -0.210. The van der Waals surface area contributed by atoms with Crippen LogP contribution in [0.3, 0.4) is 0 Å². The number of nitrogens with zero attached hydrogens (tertiary/aromatic N) is 2. The van der Waals surface area contributed by atoms with Crippen molar-refractivity contribution in [2.75, 3.05) is 39.3 Å². The Bertz CT molecular complexity index is 408. The predicted molar refractivity (Wildman–Crippen MR) is 74.1 cm³/mol. The molecule has 0 radical (unpaired) electrons. The summed E-state index contributed by atoms with van der Waals surface area (Å²) in [7, 11) is -3.30. The van der Waals surface area contributed by atoms with Crippen LogP contribution in [0.1, 0.15) is 25.7 Å². The van der Waals surface area contributed by atoms with Gasteiger partial charge in [0.15, 0.2) is 0 Å². The van der Waals surface area contributed by atoms with Gasteiger partial charge in [0, 0.05) is 44.8 Å². The van der Waals surface area contributed by atoms with E-state index in [1.807, 2.05) is 0 Å². The van der Waals surface area contributed by atoms with Gasteiger partial charge in [0.05, 0.1) is 0 Å². The first-order chi connectivity index (χ1) is 9.17. The van der Waals surface area contributed by atoms with Crippen molar-refractivity contribution in [2.24, 2.45) is 0 Å². The molecule has 110 valence electrons. The Morgan fingerprint density at radius 3 is 2.58 bits per heavy atom. The minimum Gasteiger partial charge on any atom is -0.314 e. The number of hydrogen-bond donors (Lipinski definition) is 2. The largest absolute Gasteiger partial charge is 0.314 e. The minimum absolute atomic E-state index is 0.111. The van der Waals surface area contributed by atoms with Crippen LogP contribution >= 0.6 is 0 Å². The summed E-state index contributed by atoms with van der Waals surface area (Å²) >= 11 is 0. The zero-order chi connectivity index (χ0) is 13.3. The van der Waals surface area contributed by atoms with E-state index in [9.17, 15) is 8.42 Å². The quantitative estimate of drug-likeness (QED) is 0.724. The van der Waals surface area contributed by atoms with E-state index < -0.39 is 10.2 Å². The molecule has 3 aliphatic heterocycles. The first-order valence-electron chi connectivity index (χ1n) is 7.39. The highest BCUT2D eigenvalue weighted by Gasteiger charge is 2.38. The molecule has 2 atom stereocenters. The fourth-order valence-corrected chi connectivity index (χ4v) is 5.01. The van der Waals surface area contributed by atoms with Gasteiger partial charge < -0.3 is 5.32 Å². The van der Waals surface area contributed by atoms with Crippen LogP contribution < -0.4 is 10.0 Å². The van der Waals surface area contributed by atoms with Gasteiger partial charge in [-0.3, -0.25) is 4.90 Å². The van der Waals surface area contributed by atoms with Crippen LogP contribution in [0.15, 0.2) is 0 Å². The fraction of sp³-hybridized carbons (Fsp3) is 1.00. The van der Waals surface area contributed by atoms with Crippen LogP contribution in [0.2, 0.25) is 0 Å². The molecule has 3 aliphatic rings. The molecule has 0 aromatic rings. The fourth-order valence-electron chi connectivity index (χ4n) is 3.54. The smallest absolute Gasteiger partial charge is 0.279 e. The highest BCUT2D eigenvalue weighted by atomic mass is 32.2. The standard InChI is InChI=1S/C12H24N4O2S/c17-19(18,16-9-5-13-6-10-16)14-11-4-8-15-7-2-1-3-12(11)15/h11-14H,1-10H2. The van der Waals surface area contributed by atoms with E-state index in [0.717, 1.165) is 39.0 Å². The summed E-state index contributed by atoms with van der Waals surface area (Å²) in [6.07, 6.45) is 4.57. The third-order valence-electron chi connectivity index (χ3n) is 4.57. The Kier molecular flexibility index (Phi) is 4.09. The van der Waals surface area contributed by atoms with Crippen molar-refractivity contribution in [3.05, 3.63) is 0 Å². The molecule has 6 nitrogen and oxygen atoms in total. The molecule has 0 bridgehead atoms. The average Bonchev–Trinajstić information content (AvgIpc) is 2.83. The van der Waals surface area contributed by atoms with Crippen LogP contribution in [0.25, 0.3) is 0 Å². The Morgan fingerprint density at radius 1 is 1.00 bits per heavy atom. The molecule has 0 amide bonds. The van der Waals surface area contributed by atoms with E-state index in [4.69, 9.17) is 0 Å². The number of piperazine rings is 1. The van der Waals surface area contributed by atoms with Crippen molar-refractivity contribution in [1.29, 1.82) is 0 Å². The molecule has 0 spiro atoms. The summed E-state index contributed by atoms with van der Waals surface area (Å²) in [4.78, 5) is 2.45. The van der Waals surface area contributed by atoms with Gasteiger partial charge in [-0.2, -0.15) is 17.4 Å². The third-order valence-corrected chi connectivity index (χ3v) is 6.22. The normalized spacial score (nSPS) is 34.3. The van der Waals surface area contributed by atoms with Gasteiger partial charge in [-0.25, -0.2) is 0 Å². The molecular formula is C12H24N4O2S. The topological polar surface area (TPSA) is 64.7 Å². The van der Waals surface area contributed by atoms with Gasteiger partial charge in [0.1, 0.15) is 0 Å². The van der Waals surface area contributed by atoms with Crippen LogP contribution in [0.4, 0.5) is 0 Å². The summed E-state index contributed by atoms with van der Waals surface area (Å²) in [5.74, 6) is 0. The molecular weight excluding hydrogens is 264 g/mol. The summed E-state index contributed by atoms with van der Waals surface area (Å²) < 4.78 is 29.3. The summed E-state index contributed by atoms with van der Waals surface area (Å²) in [6, 6.07) is 0.534. The zero-order valence-corrected chi connectivity index (χ0v) is 12.2. The Balaban J connectivity index is 1.63. The summed E-state index contributed by atoms with van der Waals surface area (Å²) in [6.45, 7) is 4.84. The highest BCUT2D eigenvalue weighted by Crippen LogP contribution is 2.27. The molecule has 3 heterocycles. The van der Waals surface area contributed by atoms with Crippen molar-refractivity contribution in [1.82, 2.24) is 19.2 Å². The van der Waals surface area contributed by atoms with Crippen molar-refractivity contribution < 1.29 is 8.42 Å². The molecule has 3 rings (SSSR count). The van der Waals surface area contributed by atoms with Crippen LogP contribution in [-0.4, -0.2) is 69.0 Å². The molecule has 7 heteroatoms. The van der Waals surface area contributed by atoms with Gasteiger partial charge >= 0.3 is 0 Å². The molecule has 0 aliphatic carbocycles. The van der Waals surface area contributed by atoms with Crippen molar-refractivity contribution in [3.8, 4) is 0 Å². The van der Waals surface area contributed by atoms with E-state index in [2.05, 4.69) is 14.9 Å². The van der Waals surface area contributed by atoms with Crippen molar-refractivity contribution in [3.63, 3.8) is 0 Å². The second-order valence-electron chi connectivity index (χ2n) is 5.77. The molecule has 3 fully saturated rings. The van der Waals surface area contributed by atoms with Crippen LogP contribution in [0, 0.1) is 0 Å². The maximum absolute atomic E-state index is 12.4. The monoisotopic (exact) mass is 288 g/mol. The van der Waals surface area contributed by atoms with Gasteiger partial charge in [-0.1, -0.05) is 6.42 Å². The van der Waals surface area contributed by atoms with E-state index in [1.165, 1.54) is 12.8 Å². The van der Waals surface area contributed by atoms with Gasteiger partial charge in [-0.15, -0.1) is 0 Å². The Labute approximate surface area is 115 Å². The van der Waals surface area contributed by atoms with Crippen LogP contribution in [0.5, 0.6) is 0 Å². The summed E-state index contributed by atoms with van der Waals surface area (Å²) in [5.41, 5.74) is 0. The summed E-state index contributed by atoms with van der Waals surface area (Å²) in [5, 5.41) is 3.18. The van der Waals surface area contributed by atoms with E-state index in [1.54, 1.807) is 4.31 Å². The van der Waals surface area contributed by atoms with E-state index >= 15 is 0 Å². The second-order valence-corrected chi connectivity index (χ2v) is 7.47. The number of rotatable bonds is 3. The first-order valence-corrected chi connectivity index (χ1v) is 8.83. The predicted octanol–water partition coefficient (Wildman–Crippen LogP) is -0.647. The molecule has 0 saturated carbocycles. The molecule has 3 saturated heterocycles. The lowest BCUT2D eigenvalue weighted by atomic mass is 10.00. The van der Waals surface area contributed by atoms with E-state index in [0.29, 0.717) is 19.1 Å².